The minimum absolute atomic E-state index is 0. The van der Waals surface area contributed by atoms with Crippen LogP contribution in [-0.4, -0.2) is 12.7 Å². The number of nitrogens with one attached hydrogen (secondary N) is 1. The van der Waals surface area contributed by atoms with Crippen LogP contribution in [0.2, 0.25) is 0 Å². The Morgan fingerprint density at radius 1 is 1.26 bits per heavy atom. The average Bonchev–Trinajstić information content (AvgIpc) is 2.75. The van der Waals surface area contributed by atoms with Crippen molar-refractivity contribution in [2.45, 2.75) is 20.8 Å². The minimum Gasteiger partial charge on any atom is -0.454 e. The molecule has 1 atom stereocenters. The van der Waals surface area contributed by atoms with Crippen molar-refractivity contribution in [2.75, 3.05) is 17.8 Å². The summed E-state index contributed by atoms with van der Waals surface area (Å²) in [5.74, 6) is 1.38. The van der Waals surface area contributed by atoms with Crippen molar-refractivity contribution in [3.05, 3.63) is 12.1 Å². The molecule has 0 fully saturated rings. The number of nitrogens with two attached hydrogens (primary N) is 1. The van der Waals surface area contributed by atoms with Gasteiger partial charge in [-0.1, -0.05) is 20.8 Å². The third-order valence-corrected chi connectivity index (χ3v) is 3.22. The number of rotatable bonds is 3. The van der Waals surface area contributed by atoms with Crippen LogP contribution in [-0.2, 0) is 4.79 Å². The van der Waals surface area contributed by atoms with Crippen molar-refractivity contribution < 1.29 is 14.3 Å². The van der Waals surface area contributed by atoms with Gasteiger partial charge in [-0.3, -0.25) is 4.79 Å². The summed E-state index contributed by atoms with van der Waals surface area (Å²) in [5.41, 5.74) is 6.91. The van der Waals surface area contributed by atoms with E-state index in [-0.39, 0.29) is 36.9 Å². The molecule has 0 aliphatic carbocycles. The smallest absolute Gasteiger partial charge is 0.231 e. The Labute approximate surface area is 118 Å². The van der Waals surface area contributed by atoms with Gasteiger partial charge in [0.05, 0.1) is 11.4 Å². The van der Waals surface area contributed by atoms with Gasteiger partial charge < -0.3 is 20.5 Å². The highest BCUT2D eigenvalue weighted by Gasteiger charge is 2.20. The van der Waals surface area contributed by atoms with E-state index < -0.39 is 0 Å². The van der Waals surface area contributed by atoms with Crippen molar-refractivity contribution in [3.8, 4) is 11.5 Å². The van der Waals surface area contributed by atoms with Crippen molar-refractivity contribution in [2.24, 2.45) is 11.8 Å². The number of anilines is 2. The number of nitrogen functional groups attached to an aromatic ring is 1. The molecule has 2 rings (SSSR count). The van der Waals surface area contributed by atoms with Crippen LogP contribution in [0.1, 0.15) is 20.8 Å². The van der Waals surface area contributed by atoms with Crippen molar-refractivity contribution >= 4 is 29.7 Å². The van der Waals surface area contributed by atoms with Crippen LogP contribution >= 0.6 is 12.4 Å². The average molecular weight is 287 g/mol. The van der Waals surface area contributed by atoms with Gasteiger partial charge in [-0.05, 0) is 5.92 Å². The summed E-state index contributed by atoms with van der Waals surface area (Å²) in [6.07, 6.45) is 0. The molecule has 1 amide bonds. The minimum atomic E-state index is -0.0742. The number of hydrogen-bond donors (Lipinski definition) is 2. The maximum atomic E-state index is 12.0. The Bertz CT molecular complexity index is 477. The summed E-state index contributed by atoms with van der Waals surface area (Å²) in [5, 5.41) is 2.82. The molecule has 1 aliphatic heterocycles. The van der Waals surface area contributed by atoms with E-state index >= 15 is 0 Å². The zero-order valence-corrected chi connectivity index (χ0v) is 12.0. The molecule has 0 spiro atoms. The second kappa shape index (κ2) is 6.02. The molecule has 6 heteroatoms. The van der Waals surface area contributed by atoms with Crippen LogP contribution in [0.15, 0.2) is 12.1 Å². The Balaban J connectivity index is 0.00000180. The fourth-order valence-corrected chi connectivity index (χ4v) is 1.62. The Kier molecular flexibility index (Phi) is 4.89. The number of hydrogen-bond acceptors (Lipinski definition) is 4. The first kappa shape index (κ1) is 15.4. The normalized spacial score (nSPS) is 13.9. The standard InChI is InChI=1S/C13H18N2O3.ClH/c1-7(2)8(3)13(16)15-10-5-12-11(4-9(10)14)17-6-18-12;/h4-5,7-8H,6,14H2,1-3H3,(H,15,16);1H. The largest absolute Gasteiger partial charge is 0.454 e. The molecule has 0 saturated carbocycles. The number of amides is 1. The maximum Gasteiger partial charge on any atom is 0.231 e. The summed E-state index contributed by atoms with van der Waals surface area (Å²) in [6.45, 7) is 6.10. The fourth-order valence-electron chi connectivity index (χ4n) is 1.62. The van der Waals surface area contributed by atoms with Gasteiger partial charge in [-0.2, -0.15) is 0 Å². The van der Waals surface area contributed by atoms with Gasteiger partial charge in [0.25, 0.3) is 0 Å². The molecule has 19 heavy (non-hydrogen) atoms. The monoisotopic (exact) mass is 286 g/mol. The number of benzene rings is 1. The van der Waals surface area contributed by atoms with Gasteiger partial charge in [0.1, 0.15) is 0 Å². The molecule has 106 valence electrons. The quantitative estimate of drug-likeness (QED) is 0.838. The highest BCUT2D eigenvalue weighted by molar-refractivity contribution is 5.96. The van der Waals surface area contributed by atoms with E-state index in [0.29, 0.717) is 22.9 Å². The van der Waals surface area contributed by atoms with E-state index in [1.54, 1.807) is 12.1 Å². The second-order valence-electron chi connectivity index (χ2n) is 4.81. The van der Waals surface area contributed by atoms with Crippen molar-refractivity contribution in [1.82, 2.24) is 0 Å². The van der Waals surface area contributed by atoms with Gasteiger partial charge >= 0.3 is 0 Å². The Morgan fingerprint density at radius 2 is 1.84 bits per heavy atom. The van der Waals surface area contributed by atoms with E-state index in [1.807, 2.05) is 20.8 Å². The first-order chi connectivity index (χ1) is 8.49. The highest BCUT2D eigenvalue weighted by Crippen LogP contribution is 2.38. The molecule has 0 aromatic heterocycles. The SMILES string of the molecule is CC(C)C(C)C(=O)Nc1cc2c(cc1N)OCO2.Cl. The fraction of sp³-hybridized carbons (Fsp3) is 0.462. The van der Waals surface area contributed by atoms with Gasteiger partial charge in [-0.25, -0.2) is 0 Å². The molecule has 0 bridgehead atoms. The molecule has 1 aromatic rings. The molecular formula is C13H19ClN2O3. The van der Waals surface area contributed by atoms with Crippen molar-refractivity contribution in [3.63, 3.8) is 0 Å². The summed E-state index contributed by atoms with van der Waals surface area (Å²) in [6, 6.07) is 3.36. The van der Waals surface area contributed by atoms with Crippen LogP contribution in [0.4, 0.5) is 11.4 Å². The third kappa shape index (κ3) is 3.23. The van der Waals surface area contributed by atoms with E-state index in [2.05, 4.69) is 5.32 Å². The predicted octanol–water partition coefficient (Wildman–Crippen LogP) is 2.65. The molecule has 3 N–H and O–H groups in total. The molecule has 1 unspecified atom stereocenters. The number of carbonyl (C=O) groups excluding carboxylic acids is 1. The van der Waals surface area contributed by atoms with Gasteiger partial charge in [0.2, 0.25) is 12.7 Å². The first-order valence-corrected chi connectivity index (χ1v) is 5.99. The van der Waals surface area contributed by atoms with E-state index in [0.717, 1.165) is 0 Å². The molecule has 0 radical (unpaired) electrons. The lowest BCUT2D eigenvalue weighted by atomic mass is 9.97. The maximum absolute atomic E-state index is 12.0. The molecular weight excluding hydrogens is 268 g/mol. The lowest BCUT2D eigenvalue weighted by Crippen LogP contribution is -2.24. The zero-order chi connectivity index (χ0) is 13.3. The topological polar surface area (TPSA) is 73.6 Å². The Morgan fingerprint density at radius 3 is 2.42 bits per heavy atom. The van der Waals surface area contributed by atoms with Crippen LogP contribution in [0, 0.1) is 11.8 Å². The predicted molar refractivity (Wildman–Crippen MR) is 76.9 cm³/mol. The van der Waals surface area contributed by atoms with Crippen LogP contribution in [0.5, 0.6) is 11.5 Å². The number of ether oxygens (including phenoxy) is 2. The van der Waals surface area contributed by atoms with E-state index in [1.165, 1.54) is 0 Å². The molecule has 1 aromatic carbocycles. The van der Waals surface area contributed by atoms with E-state index in [4.69, 9.17) is 15.2 Å². The zero-order valence-electron chi connectivity index (χ0n) is 11.2. The summed E-state index contributed by atoms with van der Waals surface area (Å²) >= 11 is 0. The summed E-state index contributed by atoms with van der Waals surface area (Å²) in [4.78, 5) is 12.0. The number of carbonyl (C=O) groups is 1. The van der Waals surface area contributed by atoms with Crippen LogP contribution in [0.25, 0.3) is 0 Å². The molecule has 5 nitrogen and oxygen atoms in total. The van der Waals surface area contributed by atoms with Gasteiger partial charge in [-0.15, -0.1) is 12.4 Å². The van der Waals surface area contributed by atoms with Crippen LogP contribution in [0.3, 0.4) is 0 Å². The third-order valence-electron chi connectivity index (χ3n) is 3.22. The molecule has 1 heterocycles. The number of fused-ring (bicyclic) bond motifs is 1. The lowest BCUT2D eigenvalue weighted by Gasteiger charge is -2.16. The van der Waals surface area contributed by atoms with E-state index in [9.17, 15) is 4.79 Å². The first-order valence-electron chi connectivity index (χ1n) is 5.99. The van der Waals surface area contributed by atoms with Crippen LogP contribution < -0.4 is 20.5 Å². The lowest BCUT2D eigenvalue weighted by molar-refractivity contribution is -0.120. The summed E-state index contributed by atoms with van der Waals surface area (Å²) < 4.78 is 10.5. The second-order valence-corrected chi connectivity index (χ2v) is 4.81. The van der Waals surface area contributed by atoms with Gasteiger partial charge in [0.15, 0.2) is 11.5 Å². The van der Waals surface area contributed by atoms with Gasteiger partial charge in [0, 0.05) is 18.1 Å². The van der Waals surface area contributed by atoms with Crippen molar-refractivity contribution in [1.29, 1.82) is 0 Å². The highest BCUT2D eigenvalue weighted by atomic mass is 35.5. The Hall–Kier alpha value is -1.62. The summed E-state index contributed by atoms with van der Waals surface area (Å²) in [7, 11) is 0. The number of halogens is 1. The molecule has 1 aliphatic rings. The molecule has 0 saturated heterocycles.